The normalized spacial score (nSPS) is 20.4. The minimum absolute atomic E-state index is 0.0826. The van der Waals surface area contributed by atoms with Gasteiger partial charge in [0.25, 0.3) is 5.91 Å². The molecule has 2 aromatic heterocycles. The number of ether oxygens (including phenoxy) is 2. The molecule has 1 fully saturated rings. The number of nitrogens with zero attached hydrogens (tertiary/aromatic N) is 4. The molecule has 4 rings (SSSR count). The van der Waals surface area contributed by atoms with E-state index in [4.69, 9.17) is 9.47 Å². The van der Waals surface area contributed by atoms with Gasteiger partial charge in [0.05, 0.1) is 24.3 Å². The van der Waals surface area contributed by atoms with E-state index < -0.39 is 17.8 Å². The molecule has 10 heteroatoms. The third kappa shape index (κ3) is 5.36. The second-order valence-corrected chi connectivity index (χ2v) is 8.56. The van der Waals surface area contributed by atoms with Crippen molar-refractivity contribution >= 4 is 5.91 Å². The van der Waals surface area contributed by atoms with E-state index in [1.807, 2.05) is 13.8 Å². The Morgan fingerprint density at radius 2 is 1.83 bits per heavy atom. The summed E-state index contributed by atoms with van der Waals surface area (Å²) in [7, 11) is 1.54. The second kappa shape index (κ2) is 9.89. The molecular weight excluding hydrogens is 461 g/mol. The molecule has 0 aliphatic carbocycles. The molecule has 1 aliphatic heterocycles. The van der Waals surface area contributed by atoms with Crippen molar-refractivity contribution in [3.05, 3.63) is 66.1 Å². The van der Waals surface area contributed by atoms with Gasteiger partial charge in [-0.2, -0.15) is 13.2 Å². The van der Waals surface area contributed by atoms with Crippen LogP contribution in [-0.2, 0) is 6.18 Å². The second-order valence-electron chi connectivity index (χ2n) is 8.56. The zero-order valence-electron chi connectivity index (χ0n) is 19.5. The molecule has 0 bridgehead atoms. The van der Waals surface area contributed by atoms with Crippen LogP contribution in [0.2, 0.25) is 0 Å². The van der Waals surface area contributed by atoms with Crippen molar-refractivity contribution in [2.45, 2.75) is 38.6 Å². The summed E-state index contributed by atoms with van der Waals surface area (Å²) in [6, 6.07) is 8.59. The molecule has 3 atom stereocenters. The van der Waals surface area contributed by atoms with Crippen molar-refractivity contribution in [3.8, 4) is 23.0 Å². The number of pyridine rings is 1. The average molecular weight is 486 g/mol. The van der Waals surface area contributed by atoms with Gasteiger partial charge in [-0.25, -0.2) is 15.0 Å². The molecule has 0 radical (unpaired) electrons. The minimum Gasteiger partial charge on any atom is -0.497 e. The molecule has 1 saturated heterocycles. The summed E-state index contributed by atoms with van der Waals surface area (Å²) in [5, 5.41) is 0. The Balaban J connectivity index is 1.60. The summed E-state index contributed by atoms with van der Waals surface area (Å²) in [5.74, 6) is 0.930. The first-order valence-corrected chi connectivity index (χ1v) is 11.1. The Morgan fingerprint density at radius 1 is 1.09 bits per heavy atom. The average Bonchev–Trinajstić information content (AvgIpc) is 2.85. The maximum atomic E-state index is 13.7. The first kappa shape index (κ1) is 24.4. The van der Waals surface area contributed by atoms with E-state index in [-0.39, 0.29) is 23.7 Å². The first-order valence-electron chi connectivity index (χ1n) is 11.1. The van der Waals surface area contributed by atoms with Crippen molar-refractivity contribution < 1.29 is 27.4 Å². The number of hydrogen-bond acceptors (Lipinski definition) is 6. The van der Waals surface area contributed by atoms with Crippen LogP contribution in [0.15, 0.2) is 55.0 Å². The van der Waals surface area contributed by atoms with E-state index in [0.717, 1.165) is 12.3 Å². The van der Waals surface area contributed by atoms with Crippen LogP contribution >= 0.6 is 0 Å². The quantitative estimate of drug-likeness (QED) is 0.512. The number of methoxy groups -OCH3 is 1. The molecular formula is C25H25F3N4O3. The number of amides is 1. The molecule has 35 heavy (non-hydrogen) atoms. The van der Waals surface area contributed by atoms with Gasteiger partial charge in [0.2, 0.25) is 5.88 Å². The molecule has 0 spiro atoms. The SMILES string of the molecule is COc1ccc(C(=O)N2CC(C)CC(Oc3ccc(C(F)(F)F)cn3)C2C)c(-c2ncccn2)c1. The van der Waals surface area contributed by atoms with Crippen LogP contribution in [0.5, 0.6) is 11.6 Å². The van der Waals surface area contributed by atoms with Gasteiger partial charge in [-0.15, -0.1) is 0 Å². The molecule has 3 heterocycles. The third-order valence-corrected chi connectivity index (χ3v) is 6.03. The molecule has 0 N–H and O–H groups in total. The number of hydrogen-bond donors (Lipinski definition) is 0. The van der Waals surface area contributed by atoms with Crippen molar-refractivity contribution in [3.63, 3.8) is 0 Å². The fourth-order valence-corrected chi connectivity index (χ4v) is 4.17. The fourth-order valence-electron chi connectivity index (χ4n) is 4.17. The Bertz CT molecular complexity index is 1170. The predicted octanol–water partition coefficient (Wildman–Crippen LogP) is 4.88. The molecule has 7 nitrogen and oxygen atoms in total. The van der Waals surface area contributed by atoms with Crippen molar-refractivity contribution in [2.24, 2.45) is 5.92 Å². The van der Waals surface area contributed by atoms with E-state index in [2.05, 4.69) is 15.0 Å². The number of aromatic nitrogens is 3. The number of likely N-dealkylation sites (tertiary alicyclic amines) is 1. The highest BCUT2D eigenvalue weighted by molar-refractivity contribution is 6.00. The topological polar surface area (TPSA) is 77.4 Å². The largest absolute Gasteiger partial charge is 0.497 e. The van der Waals surface area contributed by atoms with Crippen LogP contribution in [0.3, 0.4) is 0 Å². The highest BCUT2D eigenvalue weighted by Crippen LogP contribution is 2.32. The Hall–Kier alpha value is -3.69. The fraction of sp³-hybridized carbons (Fsp3) is 0.360. The monoisotopic (exact) mass is 486 g/mol. The molecule has 0 saturated carbocycles. The van der Waals surface area contributed by atoms with Crippen molar-refractivity contribution in [2.75, 3.05) is 13.7 Å². The van der Waals surface area contributed by atoms with Crippen LogP contribution in [0.1, 0.15) is 36.2 Å². The van der Waals surface area contributed by atoms with Gasteiger partial charge in [0.15, 0.2) is 5.82 Å². The zero-order valence-corrected chi connectivity index (χ0v) is 19.5. The standard InChI is InChI=1S/C25H25F3N4O3/c1-15-11-21(35-22-8-5-17(13-31-22)25(26,27)28)16(2)32(14-15)24(33)19-7-6-18(34-3)12-20(19)23-29-9-4-10-30-23/h4-10,12-13,15-16,21H,11,14H2,1-3H3. The van der Waals surface area contributed by atoms with Gasteiger partial charge in [-0.3, -0.25) is 4.79 Å². The number of halogens is 3. The maximum absolute atomic E-state index is 13.7. The molecule has 3 unspecified atom stereocenters. The lowest BCUT2D eigenvalue weighted by Gasteiger charge is -2.42. The number of carbonyl (C=O) groups is 1. The Morgan fingerprint density at radius 3 is 2.46 bits per heavy atom. The molecule has 1 aromatic carbocycles. The zero-order chi connectivity index (χ0) is 25.2. The smallest absolute Gasteiger partial charge is 0.417 e. The maximum Gasteiger partial charge on any atom is 0.417 e. The lowest BCUT2D eigenvalue weighted by Crippen LogP contribution is -2.54. The van der Waals surface area contributed by atoms with E-state index in [1.165, 1.54) is 13.2 Å². The van der Waals surface area contributed by atoms with Crippen molar-refractivity contribution in [1.29, 1.82) is 0 Å². The number of carbonyl (C=O) groups excluding carboxylic acids is 1. The molecule has 3 aromatic rings. The Labute approximate surface area is 200 Å². The third-order valence-electron chi connectivity index (χ3n) is 6.03. The van der Waals surface area contributed by atoms with Gasteiger partial charge in [0, 0.05) is 36.8 Å². The molecule has 184 valence electrons. The molecule has 1 aliphatic rings. The van der Waals surface area contributed by atoms with E-state index >= 15 is 0 Å². The van der Waals surface area contributed by atoms with E-state index in [1.54, 1.807) is 41.6 Å². The summed E-state index contributed by atoms with van der Waals surface area (Å²) in [4.78, 5) is 27.9. The number of rotatable bonds is 5. The van der Waals surface area contributed by atoms with E-state index in [9.17, 15) is 18.0 Å². The van der Waals surface area contributed by atoms with Crippen LogP contribution in [0.25, 0.3) is 11.4 Å². The predicted molar refractivity (Wildman–Crippen MR) is 122 cm³/mol. The van der Waals surface area contributed by atoms with Gasteiger partial charge in [-0.05, 0) is 49.6 Å². The van der Waals surface area contributed by atoms with Gasteiger partial charge < -0.3 is 14.4 Å². The Kier molecular flexibility index (Phi) is 6.90. The lowest BCUT2D eigenvalue weighted by atomic mass is 9.91. The molecule has 1 amide bonds. The van der Waals surface area contributed by atoms with E-state index in [0.29, 0.717) is 35.7 Å². The van der Waals surface area contributed by atoms with Crippen LogP contribution < -0.4 is 9.47 Å². The van der Waals surface area contributed by atoms with Crippen LogP contribution in [0, 0.1) is 5.92 Å². The summed E-state index contributed by atoms with van der Waals surface area (Å²) in [6.45, 7) is 4.36. The number of piperidine rings is 1. The minimum atomic E-state index is -4.47. The number of benzene rings is 1. The van der Waals surface area contributed by atoms with Gasteiger partial charge in [-0.1, -0.05) is 6.92 Å². The van der Waals surface area contributed by atoms with Gasteiger partial charge >= 0.3 is 6.18 Å². The highest BCUT2D eigenvalue weighted by atomic mass is 19.4. The lowest BCUT2D eigenvalue weighted by molar-refractivity contribution is -0.137. The number of alkyl halides is 3. The summed E-state index contributed by atoms with van der Waals surface area (Å²) in [6.07, 6.45) is -0.337. The summed E-state index contributed by atoms with van der Waals surface area (Å²) in [5.41, 5.74) is 0.119. The van der Waals surface area contributed by atoms with Gasteiger partial charge in [0.1, 0.15) is 11.9 Å². The summed E-state index contributed by atoms with van der Waals surface area (Å²) >= 11 is 0. The van der Waals surface area contributed by atoms with Crippen LogP contribution in [0.4, 0.5) is 13.2 Å². The highest BCUT2D eigenvalue weighted by Gasteiger charge is 2.37. The van der Waals surface area contributed by atoms with Crippen molar-refractivity contribution in [1.82, 2.24) is 19.9 Å². The van der Waals surface area contributed by atoms with Crippen LogP contribution in [-0.4, -0.2) is 51.6 Å². The first-order chi connectivity index (χ1) is 16.7. The summed E-state index contributed by atoms with van der Waals surface area (Å²) < 4.78 is 49.8.